The van der Waals surface area contributed by atoms with Crippen LogP contribution in [-0.2, 0) is 0 Å². The van der Waals surface area contributed by atoms with Crippen LogP contribution in [0.4, 0.5) is 0 Å². The van der Waals surface area contributed by atoms with Crippen molar-refractivity contribution in [1.82, 2.24) is 9.78 Å². The van der Waals surface area contributed by atoms with Crippen molar-refractivity contribution < 1.29 is 0 Å². The highest BCUT2D eigenvalue weighted by molar-refractivity contribution is 6.33. The third kappa shape index (κ3) is 1.41. The van der Waals surface area contributed by atoms with Crippen LogP contribution in [0.25, 0.3) is 16.6 Å². The van der Waals surface area contributed by atoms with E-state index in [0.717, 1.165) is 22.1 Å². The Morgan fingerprint density at radius 1 is 1.00 bits per heavy atom. The molecule has 1 aromatic heterocycles. The van der Waals surface area contributed by atoms with Crippen LogP contribution < -0.4 is 5.46 Å². The normalized spacial score (nSPS) is 10.8. The molecule has 2 radical (unpaired) electrons. The summed E-state index contributed by atoms with van der Waals surface area (Å²) in [6.45, 7) is 0. The highest BCUT2D eigenvalue weighted by Gasteiger charge is 2.03. The van der Waals surface area contributed by atoms with E-state index in [4.69, 9.17) is 7.85 Å². The first-order chi connectivity index (χ1) is 7.84. The van der Waals surface area contributed by atoms with Crippen LogP contribution in [0.3, 0.4) is 0 Å². The molecule has 0 aliphatic rings. The maximum absolute atomic E-state index is 5.73. The first-order valence-electron chi connectivity index (χ1n) is 5.13. The Balaban J connectivity index is 2.26. The molecular weight excluding hydrogens is 195 g/mol. The molecule has 1 heterocycles. The molecule has 0 amide bonds. The third-order valence-electron chi connectivity index (χ3n) is 2.59. The molecule has 74 valence electrons. The molecule has 3 rings (SSSR count). The molecule has 3 heteroatoms. The van der Waals surface area contributed by atoms with Gasteiger partial charge in [0.1, 0.15) is 7.85 Å². The molecule has 0 atom stereocenters. The number of hydrogen-bond acceptors (Lipinski definition) is 1. The second kappa shape index (κ2) is 3.52. The lowest BCUT2D eigenvalue weighted by Crippen LogP contribution is -2.00. The Bertz CT molecular complexity index is 629. The zero-order valence-electron chi connectivity index (χ0n) is 8.67. The summed E-state index contributed by atoms with van der Waals surface area (Å²) in [6, 6.07) is 15.9. The van der Waals surface area contributed by atoms with Crippen molar-refractivity contribution in [2.45, 2.75) is 0 Å². The van der Waals surface area contributed by atoms with Crippen LogP contribution in [-0.4, -0.2) is 17.6 Å². The van der Waals surface area contributed by atoms with Crippen molar-refractivity contribution in [3.8, 4) is 5.69 Å². The first-order valence-corrected chi connectivity index (χ1v) is 5.13. The van der Waals surface area contributed by atoms with Gasteiger partial charge in [-0.05, 0) is 18.2 Å². The molecule has 0 bridgehead atoms. The lowest BCUT2D eigenvalue weighted by atomic mass is 9.95. The molecule has 2 aromatic carbocycles. The lowest BCUT2D eigenvalue weighted by Gasteiger charge is -2.02. The number of hydrogen-bond donors (Lipinski definition) is 0. The van der Waals surface area contributed by atoms with E-state index in [1.807, 2.05) is 59.4 Å². The fourth-order valence-electron chi connectivity index (χ4n) is 1.83. The average molecular weight is 204 g/mol. The predicted molar refractivity (Wildman–Crippen MR) is 66.5 cm³/mol. The lowest BCUT2D eigenvalue weighted by molar-refractivity contribution is 0.911. The van der Waals surface area contributed by atoms with Crippen LogP contribution in [0.1, 0.15) is 0 Å². The van der Waals surface area contributed by atoms with E-state index in [1.165, 1.54) is 0 Å². The molecule has 0 saturated carbocycles. The maximum atomic E-state index is 5.73. The highest BCUT2D eigenvalue weighted by atomic mass is 15.3. The van der Waals surface area contributed by atoms with Crippen LogP contribution >= 0.6 is 0 Å². The summed E-state index contributed by atoms with van der Waals surface area (Å²) in [4.78, 5) is 0. The zero-order chi connectivity index (χ0) is 11.0. The fourth-order valence-corrected chi connectivity index (χ4v) is 1.83. The van der Waals surface area contributed by atoms with E-state index in [-0.39, 0.29) is 0 Å². The molecule has 0 saturated heterocycles. The third-order valence-corrected chi connectivity index (χ3v) is 2.59. The quantitative estimate of drug-likeness (QED) is 0.553. The van der Waals surface area contributed by atoms with Gasteiger partial charge < -0.3 is 0 Å². The van der Waals surface area contributed by atoms with E-state index < -0.39 is 0 Å². The summed E-state index contributed by atoms with van der Waals surface area (Å²) in [6.07, 6.45) is 1.83. The van der Waals surface area contributed by atoms with Crippen molar-refractivity contribution in [2.24, 2.45) is 0 Å². The van der Waals surface area contributed by atoms with Gasteiger partial charge in [-0.3, -0.25) is 0 Å². The van der Waals surface area contributed by atoms with Gasteiger partial charge in [-0.25, -0.2) is 4.68 Å². The van der Waals surface area contributed by atoms with Gasteiger partial charge >= 0.3 is 0 Å². The Labute approximate surface area is 94.9 Å². The van der Waals surface area contributed by atoms with Gasteiger partial charge in [0.2, 0.25) is 0 Å². The minimum atomic E-state index is 0.764. The van der Waals surface area contributed by atoms with Gasteiger partial charge in [0, 0.05) is 5.39 Å². The average Bonchev–Trinajstić information content (AvgIpc) is 2.73. The monoisotopic (exact) mass is 204 g/mol. The van der Waals surface area contributed by atoms with Crippen molar-refractivity contribution in [3.05, 3.63) is 54.7 Å². The van der Waals surface area contributed by atoms with Gasteiger partial charge in [-0.2, -0.15) is 5.10 Å². The number of nitrogens with zero attached hydrogens (tertiary/aromatic N) is 2. The number of aromatic nitrogens is 2. The maximum Gasteiger partial charge on any atom is 0.113 e. The van der Waals surface area contributed by atoms with Crippen molar-refractivity contribution >= 4 is 24.2 Å². The summed E-state index contributed by atoms with van der Waals surface area (Å²) in [7, 11) is 5.73. The number of rotatable bonds is 1. The van der Waals surface area contributed by atoms with Crippen molar-refractivity contribution in [3.63, 3.8) is 0 Å². The summed E-state index contributed by atoms with van der Waals surface area (Å²) < 4.78 is 1.91. The van der Waals surface area contributed by atoms with Gasteiger partial charge in [-0.15, -0.1) is 0 Å². The van der Waals surface area contributed by atoms with Gasteiger partial charge in [0.05, 0.1) is 17.4 Å². The fraction of sp³-hybridized carbons (Fsp3) is 0. The molecule has 0 aliphatic carbocycles. The van der Waals surface area contributed by atoms with E-state index in [2.05, 4.69) is 5.10 Å². The van der Waals surface area contributed by atoms with Gasteiger partial charge in [-0.1, -0.05) is 35.8 Å². The molecule has 0 spiro atoms. The first kappa shape index (κ1) is 9.22. The molecular formula is C13H9BN2. The van der Waals surface area contributed by atoms with Gasteiger partial charge in [0.15, 0.2) is 0 Å². The second-order valence-electron chi connectivity index (χ2n) is 3.71. The summed E-state index contributed by atoms with van der Waals surface area (Å²) in [5, 5.41) is 5.43. The minimum absolute atomic E-state index is 0.764. The minimum Gasteiger partial charge on any atom is -0.233 e. The number of fused-ring (bicyclic) bond motifs is 1. The second-order valence-corrected chi connectivity index (χ2v) is 3.71. The van der Waals surface area contributed by atoms with E-state index >= 15 is 0 Å². The molecule has 3 aromatic rings. The topological polar surface area (TPSA) is 17.8 Å². The van der Waals surface area contributed by atoms with Gasteiger partial charge in [0.25, 0.3) is 0 Å². The Kier molecular flexibility index (Phi) is 2.03. The summed E-state index contributed by atoms with van der Waals surface area (Å²) in [5.41, 5.74) is 2.89. The van der Waals surface area contributed by atoms with Crippen LogP contribution in [0, 0.1) is 0 Å². The van der Waals surface area contributed by atoms with E-state index in [9.17, 15) is 0 Å². The Morgan fingerprint density at radius 3 is 2.62 bits per heavy atom. The Hall–Kier alpha value is -2.03. The standard InChI is InChI=1S/C13H9BN2/c14-11-6-7-13-10(8-11)9-15-16(13)12-4-2-1-3-5-12/h1-9H. The molecule has 0 unspecified atom stereocenters. The molecule has 0 N–H and O–H groups in total. The molecule has 0 aliphatic heterocycles. The SMILES string of the molecule is [B]c1ccc2c(cnn2-c2ccccc2)c1. The van der Waals surface area contributed by atoms with Crippen molar-refractivity contribution in [1.29, 1.82) is 0 Å². The molecule has 16 heavy (non-hydrogen) atoms. The largest absolute Gasteiger partial charge is 0.233 e. The van der Waals surface area contributed by atoms with Crippen molar-refractivity contribution in [2.75, 3.05) is 0 Å². The summed E-state index contributed by atoms with van der Waals surface area (Å²) >= 11 is 0. The van der Waals surface area contributed by atoms with E-state index in [1.54, 1.807) is 0 Å². The zero-order valence-corrected chi connectivity index (χ0v) is 8.67. The smallest absolute Gasteiger partial charge is 0.113 e. The number of para-hydroxylation sites is 1. The molecule has 0 fully saturated rings. The predicted octanol–water partition coefficient (Wildman–Crippen LogP) is 1.82. The highest BCUT2D eigenvalue weighted by Crippen LogP contribution is 2.16. The van der Waals surface area contributed by atoms with E-state index in [0.29, 0.717) is 0 Å². The summed E-state index contributed by atoms with van der Waals surface area (Å²) in [5.74, 6) is 0. The van der Waals surface area contributed by atoms with Crippen LogP contribution in [0.5, 0.6) is 0 Å². The number of benzene rings is 2. The van der Waals surface area contributed by atoms with Crippen LogP contribution in [0.15, 0.2) is 54.7 Å². The molecule has 2 nitrogen and oxygen atoms in total. The Morgan fingerprint density at radius 2 is 1.81 bits per heavy atom. The van der Waals surface area contributed by atoms with Crippen LogP contribution in [0.2, 0.25) is 0 Å².